The third-order valence-electron chi connectivity index (χ3n) is 1.84. The molecule has 0 N–H and O–H groups in total. The Morgan fingerprint density at radius 2 is 2.21 bits per heavy atom. The summed E-state index contributed by atoms with van der Waals surface area (Å²) in [5, 5.41) is 1.94. The highest BCUT2D eigenvalue weighted by atomic mass is 32.2. The molecule has 1 fully saturated rings. The minimum atomic E-state index is 0.340. The summed E-state index contributed by atoms with van der Waals surface area (Å²) in [5.74, 6) is 0. The Labute approximate surface area is 88.1 Å². The van der Waals surface area contributed by atoms with Gasteiger partial charge in [-0.1, -0.05) is 30.3 Å². The number of ether oxygens (including phenoxy) is 1. The Morgan fingerprint density at radius 1 is 1.43 bits per heavy atom. The van der Waals surface area contributed by atoms with Gasteiger partial charge in [-0.2, -0.15) is 0 Å². The highest BCUT2D eigenvalue weighted by Gasteiger charge is 2.22. The third kappa shape index (κ3) is 3.54. The van der Waals surface area contributed by atoms with Crippen molar-refractivity contribution in [2.24, 2.45) is 0 Å². The molecular weight excluding hydrogens is 196 g/mol. The third-order valence-corrected chi connectivity index (χ3v) is 2.36. The lowest BCUT2D eigenvalue weighted by molar-refractivity contribution is 0.297. The van der Waals surface area contributed by atoms with Crippen molar-refractivity contribution in [3.05, 3.63) is 41.3 Å². The number of benzene rings is 1. The highest BCUT2D eigenvalue weighted by Crippen LogP contribution is 2.14. The molecule has 3 heteroatoms. The van der Waals surface area contributed by atoms with Gasteiger partial charge in [-0.05, 0) is 17.0 Å². The van der Waals surface area contributed by atoms with Gasteiger partial charge < -0.3 is 8.92 Å². The van der Waals surface area contributed by atoms with Crippen molar-refractivity contribution >= 4 is 18.1 Å². The molecule has 0 aromatic heterocycles. The average Bonchev–Trinajstić information content (AvgIpc) is 3.03. The first-order valence-corrected chi connectivity index (χ1v) is 5.37. The van der Waals surface area contributed by atoms with Crippen molar-refractivity contribution in [2.75, 3.05) is 13.2 Å². The second-order valence-corrected chi connectivity index (χ2v) is 3.75. The summed E-state index contributed by atoms with van der Waals surface area (Å²) < 4.78 is 10.3. The van der Waals surface area contributed by atoms with Gasteiger partial charge in [-0.25, -0.2) is 0 Å². The van der Waals surface area contributed by atoms with Crippen LogP contribution >= 0.6 is 12.0 Å². The van der Waals surface area contributed by atoms with E-state index < -0.39 is 0 Å². The number of rotatable bonds is 5. The Bertz CT molecular complexity index is 293. The lowest BCUT2D eigenvalue weighted by Gasteiger charge is -1.94. The Balaban J connectivity index is 1.66. The molecule has 0 bridgehead atoms. The molecule has 1 atom stereocenters. The van der Waals surface area contributed by atoms with Gasteiger partial charge in [0.25, 0.3) is 0 Å². The standard InChI is InChI=1S/C11H12O2S/c1-2-4-10(5-3-1)6-7-14-13-9-11-8-12-11/h1-7,11H,8-9H2. The Morgan fingerprint density at radius 3 is 2.93 bits per heavy atom. The van der Waals surface area contributed by atoms with E-state index in [1.807, 2.05) is 29.7 Å². The molecule has 0 radical (unpaired) electrons. The molecule has 2 rings (SSSR count). The number of hydrogen-bond acceptors (Lipinski definition) is 3. The summed E-state index contributed by atoms with van der Waals surface area (Å²) >= 11 is 1.36. The van der Waals surface area contributed by atoms with Crippen LogP contribution in [0.2, 0.25) is 0 Å². The van der Waals surface area contributed by atoms with E-state index in [-0.39, 0.29) is 0 Å². The van der Waals surface area contributed by atoms with Crippen LogP contribution in [0.25, 0.3) is 6.08 Å². The van der Waals surface area contributed by atoms with Crippen LogP contribution < -0.4 is 0 Å². The quantitative estimate of drug-likeness (QED) is 0.422. The lowest BCUT2D eigenvalue weighted by Crippen LogP contribution is -1.93. The summed E-state index contributed by atoms with van der Waals surface area (Å²) in [5.41, 5.74) is 1.19. The zero-order chi connectivity index (χ0) is 9.64. The van der Waals surface area contributed by atoms with Crippen LogP contribution in [-0.4, -0.2) is 19.3 Å². The van der Waals surface area contributed by atoms with E-state index in [0.29, 0.717) is 12.7 Å². The van der Waals surface area contributed by atoms with Gasteiger partial charge in [0.2, 0.25) is 0 Å². The molecule has 1 aromatic rings. The van der Waals surface area contributed by atoms with Crippen LogP contribution in [-0.2, 0) is 8.92 Å². The molecule has 2 nitrogen and oxygen atoms in total. The van der Waals surface area contributed by atoms with E-state index in [4.69, 9.17) is 8.92 Å². The zero-order valence-corrected chi connectivity index (χ0v) is 8.57. The van der Waals surface area contributed by atoms with Crippen molar-refractivity contribution in [3.63, 3.8) is 0 Å². The van der Waals surface area contributed by atoms with Gasteiger partial charge in [-0.3, -0.25) is 0 Å². The molecule has 1 aliphatic rings. The second-order valence-electron chi connectivity index (χ2n) is 3.05. The van der Waals surface area contributed by atoms with Crippen LogP contribution in [0.15, 0.2) is 35.7 Å². The van der Waals surface area contributed by atoms with Crippen LogP contribution in [0, 0.1) is 0 Å². The fourth-order valence-electron chi connectivity index (χ4n) is 0.989. The summed E-state index contributed by atoms with van der Waals surface area (Å²) in [4.78, 5) is 0. The molecule has 1 aromatic carbocycles. The first kappa shape index (κ1) is 9.77. The van der Waals surface area contributed by atoms with Crippen molar-refractivity contribution in [1.82, 2.24) is 0 Å². The normalized spacial score (nSPS) is 20.1. The molecule has 0 saturated carbocycles. The molecule has 1 heterocycles. The van der Waals surface area contributed by atoms with Crippen LogP contribution in [0.3, 0.4) is 0 Å². The maximum Gasteiger partial charge on any atom is 0.106 e. The molecule has 74 valence electrons. The molecule has 0 spiro atoms. The highest BCUT2D eigenvalue weighted by molar-refractivity contribution is 7.97. The molecule has 1 aliphatic heterocycles. The van der Waals surface area contributed by atoms with Gasteiger partial charge in [0.15, 0.2) is 0 Å². The minimum Gasteiger partial charge on any atom is -0.371 e. The fourth-order valence-corrected chi connectivity index (χ4v) is 1.51. The van der Waals surface area contributed by atoms with Crippen LogP contribution in [0.1, 0.15) is 5.56 Å². The van der Waals surface area contributed by atoms with E-state index in [0.717, 1.165) is 6.61 Å². The van der Waals surface area contributed by atoms with Crippen molar-refractivity contribution in [3.8, 4) is 0 Å². The average molecular weight is 208 g/mol. The van der Waals surface area contributed by atoms with Crippen LogP contribution in [0.5, 0.6) is 0 Å². The van der Waals surface area contributed by atoms with Gasteiger partial charge in [-0.15, -0.1) is 0 Å². The summed E-state index contributed by atoms with van der Waals surface area (Å²) in [6.07, 6.45) is 2.37. The molecule has 0 amide bonds. The smallest absolute Gasteiger partial charge is 0.106 e. The fraction of sp³-hybridized carbons (Fsp3) is 0.273. The Kier molecular flexibility index (Phi) is 3.63. The van der Waals surface area contributed by atoms with Gasteiger partial charge in [0.05, 0.1) is 13.2 Å². The molecular formula is C11H12O2S. The topological polar surface area (TPSA) is 21.8 Å². The van der Waals surface area contributed by atoms with Crippen molar-refractivity contribution in [1.29, 1.82) is 0 Å². The van der Waals surface area contributed by atoms with E-state index in [1.165, 1.54) is 17.6 Å². The maximum atomic E-state index is 5.28. The van der Waals surface area contributed by atoms with E-state index in [1.54, 1.807) is 0 Å². The minimum absolute atomic E-state index is 0.340. The van der Waals surface area contributed by atoms with Gasteiger partial charge >= 0.3 is 0 Å². The summed E-state index contributed by atoms with van der Waals surface area (Å²) in [6.45, 7) is 1.53. The number of hydrogen-bond donors (Lipinski definition) is 0. The first-order chi connectivity index (χ1) is 6.95. The molecule has 0 aliphatic carbocycles. The van der Waals surface area contributed by atoms with Gasteiger partial charge in [0.1, 0.15) is 6.10 Å². The second kappa shape index (κ2) is 5.20. The first-order valence-electron chi connectivity index (χ1n) is 4.56. The summed E-state index contributed by atoms with van der Waals surface area (Å²) in [7, 11) is 0. The van der Waals surface area contributed by atoms with Gasteiger partial charge in [0, 0.05) is 12.0 Å². The molecule has 1 saturated heterocycles. The molecule has 1 unspecified atom stereocenters. The largest absolute Gasteiger partial charge is 0.371 e. The van der Waals surface area contributed by atoms with Crippen LogP contribution in [0.4, 0.5) is 0 Å². The maximum absolute atomic E-state index is 5.28. The summed E-state index contributed by atoms with van der Waals surface area (Å²) in [6, 6.07) is 10.2. The predicted octanol–water partition coefficient (Wildman–Crippen LogP) is 2.72. The van der Waals surface area contributed by atoms with E-state index >= 15 is 0 Å². The van der Waals surface area contributed by atoms with Crippen molar-refractivity contribution < 1.29 is 8.92 Å². The number of epoxide rings is 1. The monoisotopic (exact) mass is 208 g/mol. The SMILES string of the molecule is C(=Cc1ccccc1)SOCC1CO1. The van der Waals surface area contributed by atoms with Crippen molar-refractivity contribution in [2.45, 2.75) is 6.10 Å². The van der Waals surface area contributed by atoms with E-state index in [2.05, 4.69) is 12.1 Å². The lowest BCUT2D eigenvalue weighted by atomic mass is 10.2. The predicted molar refractivity (Wildman–Crippen MR) is 58.8 cm³/mol. The van der Waals surface area contributed by atoms with E-state index in [9.17, 15) is 0 Å². The Hall–Kier alpha value is -0.770. The zero-order valence-electron chi connectivity index (χ0n) is 7.76. The molecule has 14 heavy (non-hydrogen) atoms.